The summed E-state index contributed by atoms with van der Waals surface area (Å²) in [5.74, 6) is 2.01. The highest BCUT2D eigenvalue weighted by molar-refractivity contribution is 7.98. The molecule has 0 fully saturated rings. The Bertz CT molecular complexity index is 873. The molecule has 0 aliphatic carbocycles. The summed E-state index contributed by atoms with van der Waals surface area (Å²) in [5, 5.41) is 3.70. The summed E-state index contributed by atoms with van der Waals surface area (Å²) in [5.41, 5.74) is 0.666. The summed E-state index contributed by atoms with van der Waals surface area (Å²) >= 11 is 1.55. The average Bonchev–Trinajstić information content (AvgIpc) is 3.30. The molecule has 0 unspecified atom stereocenters. The van der Waals surface area contributed by atoms with E-state index in [-0.39, 0.29) is 11.7 Å². The van der Waals surface area contributed by atoms with E-state index in [2.05, 4.69) is 10.3 Å². The van der Waals surface area contributed by atoms with Gasteiger partial charge in [0.15, 0.2) is 10.9 Å². The molecule has 8 heteroatoms. The summed E-state index contributed by atoms with van der Waals surface area (Å²) in [7, 11) is 3.56. The topological polar surface area (TPSA) is 78.5 Å². The van der Waals surface area contributed by atoms with E-state index in [0.29, 0.717) is 24.7 Å². The summed E-state index contributed by atoms with van der Waals surface area (Å²) in [6, 6.07) is 10.6. The number of carbonyl (C=O) groups excluding carboxylic acids is 1. The number of nitrogens with zero attached hydrogens (tertiary/aromatic N) is 2. The number of imidazole rings is 1. The Morgan fingerprint density at radius 3 is 2.74 bits per heavy atom. The van der Waals surface area contributed by atoms with E-state index < -0.39 is 0 Å². The second kappa shape index (κ2) is 9.29. The van der Waals surface area contributed by atoms with E-state index in [9.17, 15) is 4.79 Å². The van der Waals surface area contributed by atoms with Crippen molar-refractivity contribution in [2.75, 3.05) is 25.6 Å². The number of aryl methyl sites for hydroxylation is 1. The minimum absolute atomic E-state index is 0.269. The van der Waals surface area contributed by atoms with Crippen LogP contribution in [0.25, 0.3) is 0 Å². The monoisotopic (exact) mass is 387 g/mol. The number of methoxy groups -OCH3 is 1. The fourth-order valence-corrected chi connectivity index (χ4v) is 3.10. The molecule has 1 amide bonds. The molecule has 2 aromatic heterocycles. The zero-order valence-corrected chi connectivity index (χ0v) is 16.0. The van der Waals surface area contributed by atoms with Crippen molar-refractivity contribution < 1.29 is 18.7 Å². The third kappa shape index (κ3) is 5.38. The minimum atomic E-state index is -0.295. The van der Waals surface area contributed by atoms with Gasteiger partial charge in [-0.2, -0.15) is 0 Å². The van der Waals surface area contributed by atoms with Gasteiger partial charge in [0.1, 0.15) is 18.1 Å². The molecule has 0 aliphatic heterocycles. The molecule has 1 aromatic carbocycles. The zero-order valence-electron chi connectivity index (χ0n) is 15.2. The van der Waals surface area contributed by atoms with Crippen LogP contribution in [0, 0.1) is 0 Å². The maximum atomic E-state index is 12.3. The molecule has 2 heterocycles. The molecule has 0 saturated heterocycles. The number of anilines is 1. The predicted octanol–water partition coefficient (Wildman–Crippen LogP) is 3.58. The summed E-state index contributed by atoms with van der Waals surface area (Å²) in [6.45, 7) is 1.01. The van der Waals surface area contributed by atoms with E-state index in [1.54, 1.807) is 61.5 Å². The molecule has 0 spiro atoms. The van der Waals surface area contributed by atoms with E-state index in [4.69, 9.17) is 13.9 Å². The van der Waals surface area contributed by atoms with Crippen LogP contribution >= 0.6 is 11.8 Å². The van der Waals surface area contributed by atoms with Gasteiger partial charge in [0, 0.05) is 32.2 Å². The van der Waals surface area contributed by atoms with Gasteiger partial charge >= 0.3 is 0 Å². The number of furan rings is 1. The Morgan fingerprint density at radius 2 is 2.04 bits per heavy atom. The number of hydrogen-bond donors (Lipinski definition) is 1. The molecule has 0 bridgehead atoms. The Balaban J connectivity index is 1.52. The first-order chi connectivity index (χ1) is 13.2. The quantitative estimate of drug-likeness (QED) is 0.447. The molecule has 0 atom stereocenters. The largest absolute Gasteiger partial charge is 0.491 e. The fourth-order valence-electron chi connectivity index (χ4n) is 2.27. The lowest BCUT2D eigenvalue weighted by Crippen LogP contribution is -2.10. The Morgan fingerprint density at radius 1 is 1.22 bits per heavy atom. The van der Waals surface area contributed by atoms with Crippen molar-refractivity contribution >= 4 is 23.4 Å². The van der Waals surface area contributed by atoms with Crippen LogP contribution < -0.4 is 10.1 Å². The lowest BCUT2D eigenvalue weighted by atomic mass is 10.3. The van der Waals surface area contributed by atoms with Crippen molar-refractivity contribution in [2.24, 2.45) is 7.05 Å². The lowest BCUT2D eigenvalue weighted by molar-refractivity contribution is 0.0995. The van der Waals surface area contributed by atoms with E-state index in [0.717, 1.165) is 16.7 Å². The van der Waals surface area contributed by atoms with Gasteiger partial charge in [-0.25, -0.2) is 4.98 Å². The molecule has 1 N–H and O–H groups in total. The molecule has 3 rings (SSSR count). The lowest BCUT2D eigenvalue weighted by Gasteiger charge is -2.07. The van der Waals surface area contributed by atoms with Crippen LogP contribution in [0.1, 0.15) is 16.3 Å². The van der Waals surface area contributed by atoms with Crippen LogP contribution in [0.4, 0.5) is 5.69 Å². The molecule has 3 aromatic rings. The SMILES string of the molecule is COCCOc1ccc(NC(=O)c2ccc(CSc3nccn3C)o2)cc1. The van der Waals surface area contributed by atoms with Gasteiger partial charge in [-0.15, -0.1) is 0 Å². The van der Waals surface area contributed by atoms with Crippen molar-refractivity contribution in [1.82, 2.24) is 9.55 Å². The molecular weight excluding hydrogens is 366 g/mol. The fraction of sp³-hybridized carbons (Fsp3) is 0.263. The second-order valence-electron chi connectivity index (χ2n) is 5.70. The molecule has 0 saturated carbocycles. The van der Waals surface area contributed by atoms with E-state index in [1.807, 2.05) is 17.8 Å². The van der Waals surface area contributed by atoms with Crippen molar-refractivity contribution in [1.29, 1.82) is 0 Å². The summed E-state index contributed by atoms with van der Waals surface area (Å²) in [4.78, 5) is 16.6. The first-order valence-electron chi connectivity index (χ1n) is 8.37. The Kier molecular flexibility index (Phi) is 6.56. The van der Waals surface area contributed by atoms with Gasteiger partial charge < -0.3 is 23.8 Å². The molecule has 0 radical (unpaired) electrons. The molecule has 0 aliphatic rings. The van der Waals surface area contributed by atoms with Crippen molar-refractivity contribution in [3.8, 4) is 5.75 Å². The first kappa shape index (κ1) is 19.1. The van der Waals surface area contributed by atoms with Crippen molar-refractivity contribution in [3.63, 3.8) is 0 Å². The van der Waals surface area contributed by atoms with Gasteiger partial charge in [0.2, 0.25) is 0 Å². The van der Waals surface area contributed by atoms with Crippen molar-refractivity contribution in [3.05, 3.63) is 60.3 Å². The number of rotatable bonds is 9. The van der Waals surface area contributed by atoms with Crippen LogP contribution in [-0.4, -0.2) is 35.8 Å². The smallest absolute Gasteiger partial charge is 0.291 e. The minimum Gasteiger partial charge on any atom is -0.491 e. The second-order valence-corrected chi connectivity index (χ2v) is 6.64. The average molecular weight is 387 g/mol. The number of benzene rings is 1. The van der Waals surface area contributed by atoms with Crippen LogP contribution in [0.2, 0.25) is 0 Å². The van der Waals surface area contributed by atoms with Gasteiger partial charge in [-0.3, -0.25) is 4.79 Å². The van der Waals surface area contributed by atoms with Gasteiger partial charge in [-0.1, -0.05) is 11.8 Å². The summed E-state index contributed by atoms with van der Waals surface area (Å²) in [6.07, 6.45) is 3.63. The standard InChI is InChI=1S/C19H21N3O4S/c1-22-10-9-20-19(22)27-13-16-7-8-17(26-16)18(23)21-14-3-5-15(6-4-14)25-12-11-24-2/h3-10H,11-13H2,1-2H3,(H,21,23). The molecule has 7 nitrogen and oxygen atoms in total. The molecule has 142 valence electrons. The summed E-state index contributed by atoms with van der Waals surface area (Å²) < 4.78 is 18.0. The highest BCUT2D eigenvalue weighted by atomic mass is 32.2. The maximum absolute atomic E-state index is 12.3. The van der Waals surface area contributed by atoms with E-state index in [1.165, 1.54) is 0 Å². The number of nitrogens with one attached hydrogen (secondary N) is 1. The number of hydrogen-bond acceptors (Lipinski definition) is 6. The zero-order chi connectivity index (χ0) is 19.1. The van der Waals surface area contributed by atoms with Crippen LogP contribution in [-0.2, 0) is 17.5 Å². The third-order valence-electron chi connectivity index (χ3n) is 3.67. The first-order valence-corrected chi connectivity index (χ1v) is 9.36. The Hall–Kier alpha value is -2.71. The van der Waals surface area contributed by atoms with E-state index >= 15 is 0 Å². The van der Waals surface area contributed by atoms with Crippen molar-refractivity contribution in [2.45, 2.75) is 10.9 Å². The van der Waals surface area contributed by atoms with Crippen LogP contribution in [0.3, 0.4) is 0 Å². The van der Waals surface area contributed by atoms with Crippen LogP contribution in [0.5, 0.6) is 5.75 Å². The predicted molar refractivity (Wildman–Crippen MR) is 103 cm³/mol. The third-order valence-corrected chi connectivity index (χ3v) is 4.75. The number of amides is 1. The van der Waals surface area contributed by atoms with Gasteiger partial charge in [-0.05, 0) is 36.4 Å². The molecular formula is C19H21N3O4S. The van der Waals surface area contributed by atoms with Gasteiger partial charge in [0.05, 0.1) is 12.4 Å². The number of carbonyl (C=O) groups is 1. The Labute approximate surface area is 161 Å². The highest BCUT2D eigenvalue weighted by Gasteiger charge is 2.12. The number of thioether (sulfide) groups is 1. The van der Waals surface area contributed by atoms with Crippen LogP contribution in [0.15, 0.2) is 58.4 Å². The number of aromatic nitrogens is 2. The molecule has 27 heavy (non-hydrogen) atoms. The highest BCUT2D eigenvalue weighted by Crippen LogP contribution is 2.22. The normalized spacial score (nSPS) is 10.7. The number of ether oxygens (including phenoxy) is 2. The maximum Gasteiger partial charge on any atom is 0.291 e. The van der Waals surface area contributed by atoms with Gasteiger partial charge in [0.25, 0.3) is 5.91 Å².